The van der Waals surface area contributed by atoms with Gasteiger partial charge in [-0.2, -0.15) is 13.1 Å². The molecule has 0 aliphatic heterocycles. The molecule has 7 nitrogen and oxygen atoms in total. The van der Waals surface area contributed by atoms with Gasteiger partial charge in [0.05, 0.1) is 12.1 Å². The summed E-state index contributed by atoms with van der Waals surface area (Å²) in [6, 6.07) is 0. The minimum absolute atomic E-state index is 0.150. The van der Waals surface area contributed by atoms with E-state index in [1.54, 1.807) is 6.92 Å². The van der Waals surface area contributed by atoms with Gasteiger partial charge in [-0.3, -0.25) is 4.79 Å². The largest absolute Gasteiger partial charge is 0.481 e. The summed E-state index contributed by atoms with van der Waals surface area (Å²) in [5.41, 5.74) is 0.326. The van der Waals surface area contributed by atoms with E-state index in [9.17, 15) is 13.2 Å². The predicted octanol–water partition coefficient (Wildman–Crippen LogP) is 0.0364. The Balaban J connectivity index is 2.69. The van der Waals surface area contributed by atoms with Crippen molar-refractivity contribution in [3.8, 4) is 0 Å². The molecule has 0 aromatic carbocycles. The van der Waals surface area contributed by atoms with Gasteiger partial charge in [-0.05, 0) is 0 Å². The molecule has 0 saturated heterocycles. The normalized spacial score (nSPS) is 11.3. The molecule has 90 valence electrons. The van der Waals surface area contributed by atoms with E-state index in [2.05, 4.69) is 14.4 Å². The maximum Gasteiger partial charge on any atom is 0.309 e. The molecule has 0 radical (unpaired) electrons. The summed E-state index contributed by atoms with van der Waals surface area (Å²) < 4.78 is 26.9. The Morgan fingerprint density at radius 3 is 2.88 bits per heavy atom. The zero-order valence-corrected chi connectivity index (χ0v) is 10.1. The van der Waals surface area contributed by atoms with Gasteiger partial charge in [-0.15, -0.1) is 11.3 Å². The molecule has 0 amide bonds. The molecule has 1 heterocycles. The number of hydrogen-bond donors (Lipinski definition) is 3. The zero-order chi connectivity index (χ0) is 12.2. The number of aromatic nitrogens is 1. The van der Waals surface area contributed by atoms with E-state index in [1.807, 2.05) is 0 Å². The third-order valence-corrected chi connectivity index (χ3v) is 3.51. The quantitative estimate of drug-likeness (QED) is 0.672. The Morgan fingerprint density at radius 1 is 1.62 bits per heavy atom. The summed E-state index contributed by atoms with van der Waals surface area (Å²) in [7, 11) is -3.60. The van der Waals surface area contributed by atoms with Crippen molar-refractivity contribution < 1.29 is 18.3 Å². The van der Waals surface area contributed by atoms with Crippen LogP contribution < -0.4 is 9.44 Å². The number of rotatable bonds is 6. The first kappa shape index (κ1) is 12.9. The first-order chi connectivity index (χ1) is 7.43. The van der Waals surface area contributed by atoms with Crippen LogP contribution >= 0.6 is 11.3 Å². The first-order valence-corrected chi connectivity index (χ1v) is 6.73. The summed E-state index contributed by atoms with van der Waals surface area (Å²) in [5.74, 6) is -1.01. The smallest absolute Gasteiger partial charge is 0.309 e. The summed E-state index contributed by atoms with van der Waals surface area (Å²) in [6.45, 7) is 1.92. The minimum atomic E-state index is -3.60. The third kappa shape index (κ3) is 4.13. The second-order valence-corrected chi connectivity index (χ2v) is 5.18. The lowest BCUT2D eigenvalue weighted by atomic mass is 10.3. The molecule has 1 aromatic rings. The topological polar surface area (TPSA) is 108 Å². The average molecular weight is 265 g/mol. The van der Waals surface area contributed by atoms with Gasteiger partial charge in [0.25, 0.3) is 0 Å². The second kappa shape index (κ2) is 5.23. The number of nitrogens with one attached hydrogen (secondary N) is 2. The van der Waals surface area contributed by atoms with Crippen LogP contribution in [0.5, 0.6) is 0 Å². The molecule has 0 fully saturated rings. The lowest BCUT2D eigenvalue weighted by Crippen LogP contribution is -2.29. The van der Waals surface area contributed by atoms with Gasteiger partial charge in [0.15, 0.2) is 5.13 Å². The fraction of sp³-hybridized carbons (Fsp3) is 0.429. The molecule has 16 heavy (non-hydrogen) atoms. The van der Waals surface area contributed by atoms with E-state index < -0.39 is 16.2 Å². The molecule has 3 N–H and O–H groups in total. The van der Waals surface area contributed by atoms with Crippen LogP contribution in [-0.4, -0.2) is 31.0 Å². The molecule has 0 bridgehead atoms. The van der Waals surface area contributed by atoms with Crippen LogP contribution in [0.25, 0.3) is 0 Å². The van der Waals surface area contributed by atoms with Gasteiger partial charge >= 0.3 is 16.2 Å². The second-order valence-electron chi connectivity index (χ2n) is 2.82. The number of aliphatic carboxylic acids is 1. The lowest BCUT2D eigenvalue weighted by Gasteiger charge is -2.03. The van der Waals surface area contributed by atoms with E-state index in [4.69, 9.17) is 5.11 Å². The summed E-state index contributed by atoms with van der Waals surface area (Å²) >= 11 is 1.04. The van der Waals surface area contributed by atoms with Crippen molar-refractivity contribution in [2.24, 2.45) is 0 Å². The van der Waals surface area contributed by atoms with E-state index in [-0.39, 0.29) is 18.1 Å². The monoisotopic (exact) mass is 265 g/mol. The Morgan fingerprint density at radius 2 is 2.31 bits per heavy atom. The summed E-state index contributed by atoms with van der Waals surface area (Å²) in [6.07, 6.45) is -0.223. The number of thiazole rings is 1. The highest BCUT2D eigenvalue weighted by molar-refractivity contribution is 7.91. The van der Waals surface area contributed by atoms with Crippen LogP contribution in [0.3, 0.4) is 0 Å². The van der Waals surface area contributed by atoms with Gasteiger partial charge in [-0.1, -0.05) is 6.92 Å². The average Bonchev–Trinajstić information content (AvgIpc) is 2.49. The van der Waals surface area contributed by atoms with Gasteiger partial charge in [-0.25, -0.2) is 9.71 Å². The fourth-order valence-electron chi connectivity index (χ4n) is 0.931. The molecular formula is C7H11N3O4S2. The van der Waals surface area contributed by atoms with Gasteiger partial charge in [0.1, 0.15) is 0 Å². The third-order valence-electron chi connectivity index (χ3n) is 1.44. The summed E-state index contributed by atoms with van der Waals surface area (Å²) in [4.78, 5) is 14.2. The van der Waals surface area contributed by atoms with Gasteiger partial charge in [0, 0.05) is 11.9 Å². The molecule has 0 aliphatic carbocycles. The first-order valence-electron chi connectivity index (χ1n) is 4.36. The van der Waals surface area contributed by atoms with Crippen molar-refractivity contribution in [2.75, 3.05) is 11.3 Å². The van der Waals surface area contributed by atoms with E-state index in [0.717, 1.165) is 11.3 Å². The number of carboxylic acid groups (broad SMARTS) is 1. The molecule has 0 unspecified atom stereocenters. The van der Waals surface area contributed by atoms with Crippen molar-refractivity contribution in [3.63, 3.8) is 0 Å². The van der Waals surface area contributed by atoms with Crippen LogP contribution in [0.15, 0.2) is 5.38 Å². The molecule has 0 aliphatic rings. The van der Waals surface area contributed by atoms with Crippen molar-refractivity contribution in [1.29, 1.82) is 0 Å². The highest BCUT2D eigenvalue weighted by Crippen LogP contribution is 2.16. The minimum Gasteiger partial charge on any atom is -0.481 e. The fourth-order valence-corrected chi connectivity index (χ4v) is 2.73. The van der Waals surface area contributed by atoms with Gasteiger partial charge in [0.2, 0.25) is 0 Å². The SMILES string of the molecule is CCNS(=O)(=O)Nc1nc(CC(=O)O)cs1. The van der Waals surface area contributed by atoms with Gasteiger partial charge < -0.3 is 5.11 Å². The molecule has 1 aromatic heterocycles. The van der Waals surface area contributed by atoms with Crippen LogP contribution in [0.2, 0.25) is 0 Å². The number of hydrogen-bond acceptors (Lipinski definition) is 5. The Hall–Kier alpha value is -1.19. The van der Waals surface area contributed by atoms with Crippen molar-refractivity contribution >= 4 is 32.6 Å². The molecule has 0 atom stereocenters. The van der Waals surface area contributed by atoms with Crippen LogP contribution in [0, 0.1) is 0 Å². The number of carbonyl (C=O) groups is 1. The van der Waals surface area contributed by atoms with Crippen molar-refractivity contribution in [2.45, 2.75) is 13.3 Å². The van der Waals surface area contributed by atoms with Crippen LogP contribution in [0.4, 0.5) is 5.13 Å². The Labute approximate surface area is 96.7 Å². The lowest BCUT2D eigenvalue weighted by molar-refractivity contribution is -0.136. The zero-order valence-electron chi connectivity index (χ0n) is 8.43. The predicted molar refractivity (Wildman–Crippen MR) is 59.7 cm³/mol. The Bertz CT molecular complexity index is 468. The molecule has 1 rings (SSSR count). The highest BCUT2D eigenvalue weighted by atomic mass is 32.2. The standard InChI is InChI=1S/C7H11N3O4S2/c1-2-8-16(13,14)10-7-9-5(4-15-7)3-6(11)12/h4,8H,2-3H2,1H3,(H,9,10)(H,11,12). The number of carboxylic acids is 1. The highest BCUT2D eigenvalue weighted by Gasteiger charge is 2.12. The van der Waals surface area contributed by atoms with E-state index in [0.29, 0.717) is 5.69 Å². The molecular weight excluding hydrogens is 254 g/mol. The van der Waals surface area contributed by atoms with Crippen molar-refractivity contribution in [1.82, 2.24) is 9.71 Å². The molecule has 9 heteroatoms. The maximum absolute atomic E-state index is 11.3. The molecule has 0 spiro atoms. The summed E-state index contributed by atoms with van der Waals surface area (Å²) in [5, 5.41) is 10.2. The van der Waals surface area contributed by atoms with E-state index >= 15 is 0 Å². The Kier molecular flexibility index (Phi) is 4.21. The molecule has 0 saturated carbocycles. The van der Waals surface area contributed by atoms with Crippen LogP contribution in [-0.2, 0) is 21.4 Å². The van der Waals surface area contributed by atoms with Crippen molar-refractivity contribution in [3.05, 3.63) is 11.1 Å². The van der Waals surface area contributed by atoms with Crippen LogP contribution in [0.1, 0.15) is 12.6 Å². The number of nitrogens with zero attached hydrogens (tertiary/aromatic N) is 1. The van der Waals surface area contributed by atoms with E-state index in [1.165, 1.54) is 5.38 Å². The number of anilines is 1. The maximum atomic E-state index is 11.3.